The number of hydrogen-bond donors (Lipinski definition) is 2. The molecule has 8 nitrogen and oxygen atoms in total. The predicted octanol–water partition coefficient (Wildman–Crippen LogP) is 3.03. The van der Waals surface area contributed by atoms with Crippen LogP contribution in [0.3, 0.4) is 0 Å². The largest absolute Gasteiger partial charge is 0.477 e. The summed E-state index contributed by atoms with van der Waals surface area (Å²) in [5.41, 5.74) is 0.720. The molecule has 0 saturated heterocycles. The second-order valence-electron chi connectivity index (χ2n) is 5.44. The van der Waals surface area contributed by atoms with Gasteiger partial charge in [0.1, 0.15) is 5.02 Å². The molecule has 0 fully saturated rings. The number of carbonyl (C=O) groups excluding carboxylic acids is 1. The van der Waals surface area contributed by atoms with Crippen molar-refractivity contribution in [3.63, 3.8) is 0 Å². The number of aromatic carboxylic acids is 1. The highest BCUT2D eigenvalue weighted by molar-refractivity contribution is 9.10. The number of rotatable bonds is 5. The number of nitrogens with zero attached hydrogens (tertiary/aromatic N) is 4. The van der Waals surface area contributed by atoms with E-state index in [1.807, 2.05) is 24.3 Å². The van der Waals surface area contributed by atoms with Gasteiger partial charge in [-0.15, -0.1) is 0 Å². The summed E-state index contributed by atoms with van der Waals surface area (Å²) in [5.74, 6) is -1.75. The van der Waals surface area contributed by atoms with Crippen LogP contribution in [0.1, 0.15) is 26.4 Å². The van der Waals surface area contributed by atoms with E-state index in [0.717, 1.165) is 14.7 Å². The van der Waals surface area contributed by atoms with Gasteiger partial charge in [-0.3, -0.25) is 14.2 Å². The molecule has 2 aromatic heterocycles. The first-order valence-electron chi connectivity index (χ1n) is 7.39. The second-order valence-corrected chi connectivity index (χ2v) is 6.76. The molecule has 0 radical (unpaired) electrons. The van der Waals surface area contributed by atoms with Crippen molar-refractivity contribution >= 4 is 45.2 Å². The molecule has 3 aromatic rings. The van der Waals surface area contributed by atoms with Gasteiger partial charge < -0.3 is 10.4 Å². The van der Waals surface area contributed by atoms with Crippen LogP contribution in [0.4, 0.5) is 5.82 Å². The number of carbonyl (C=O) groups is 2. The van der Waals surface area contributed by atoms with Gasteiger partial charge in [-0.2, -0.15) is 10.2 Å². The summed E-state index contributed by atoms with van der Waals surface area (Å²) in [7, 11) is 1.44. The van der Waals surface area contributed by atoms with Crippen LogP contribution >= 0.6 is 27.5 Å². The lowest BCUT2D eigenvalue weighted by atomic mass is 10.2. The summed E-state index contributed by atoms with van der Waals surface area (Å²) in [6.07, 6.45) is 2.77. The molecule has 10 heteroatoms. The van der Waals surface area contributed by atoms with E-state index in [9.17, 15) is 14.7 Å². The lowest BCUT2D eigenvalue weighted by molar-refractivity contribution is 0.0680. The van der Waals surface area contributed by atoms with Gasteiger partial charge in [0, 0.05) is 17.7 Å². The summed E-state index contributed by atoms with van der Waals surface area (Å²) < 4.78 is 3.67. The summed E-state index contributed by atoms with van der Waals surface area (Å²) in [6.45, 7) is 0.468. The predicted molar refractivity (Wildman–Crippen MR) is 98.6 cm³/mol. The number of anilines is 1. The van der Waals surface area contributed by atoms with Gasteiger partial charge >= 0.3 is 5.97 Å². The van der Waals surface area contributed by atoms with Crippen molar-refractivity contribution in [2.75, 3.05) is 5.32 Å². The molecule has 0 aliphatic carbocycles. The highest BCUT2D eigenvalue weighted by Crippen LogP contribution is 2.22. The molecule has 2 heterocycles. The van der Waals surface area contributed by atoms with Gasteiger partial charge in [-0.25, -0.2) is 4.79 Å². The molecule has 0 bridgehead atoms. The Morgan fingerprint density at radius 2 is 2.00 bits per heavy atom. The lowest BCUT2D eigenvalue weighted by Crippen LogP contribution is -2.17. The number of benzene rings is 1. The highest BCUT2D eigenvalue weighted by Gasteiger charge is 2.23. The van der Waals surface area contributed by atoms with E-state index in [2.05, 4.69) is 31.4 Å². The minimum Gasteiger partial charge on any atom is -0.477 e. The molecule has 0 aliphatic rings. The maximum absolute atomic E-state index is 12.4. The van der Waals surface area contributed by atoms with Gasteiger partial charge in [0.2, 0.25) is 0 Å². The highest BCUT2D eigenvalue weighted by atomic mass is 79.9. The van der Waals surface area contributed by atoms with Crippen molar-refractivity contribution in [3.05, 3.63) is 63.0 Å². The fourth-order valence-corrected chi connectivity index (χ4v) is 2.83. The van der Waals surface area contributed by atoms with Crippen LogP contribution < -0.4 is 5.32 Å². The minimum absolute atomic E-state index is 0.0708. The van der Waals surface area contributed by atoms with Crippen LogP contribution in [0.25, 0.3) is 0 Å². The van der Waals surface area contributed by atoms with Crippen LogP contribution in [0.5, 0.6) is 0 Å². The van der Waals surface area contributed by atoms with Crippen LogP contribution in [0.2, 0.25) is 5.02 Å². The molecule has 134 valence electrons. The minimum atomic E-state index is -1.25. The zero-order chi connectivity index (χ0) is 18.8. The van der Waals surface area contributed by atoms with Crippen molar-refractivity contribution < 1.29 is 14.7 Å². The summed E-state index contributed by atoms with van der Waals surface area (Å²) in [4.78, 5) is 23.6. The molecule has 26 heavy (non-hydrogen) atoms. The van der Waals surface area contributed by atoms with E-state index in [-0.39, 0.29) is 22.1 Å². The second kappa shape index (κ2) is 7.30. The lowest BCUT2D eigenvalue weighted by Gasteiger charge is -2.03. The average Bonchev–Trinajstić information content (AvgIpc) is 3.12. The van der Waals surface area contributed by atoms with Crippen LogP contribution in [-0.2, 0) is 13.6 Å². The van der Waals surface area contributed by atoms with E-state index in [1.165, 1.54) is 13.2 Å². The summed E-state index contributed by atoms with van der Waals surface area (Å²) in [5, 5.41) is 20.0. The molecule has 0 spiro atoms. The van der Waals surface area contributed by atoms with Crippen molar-refractivity contribution in [1.29, 1.82) is 0 Å². The first kappa shape index (κ1) is 18.2. The van der Waals surface area contributed by atoms with Crippen LogP contribution in [0, 0.1) is 0 Å². The zero-order valence-electron chi connectivity index (χ0n) is 13.5. The van der Waals surface area contributed by atoms with Gasteiger partial charge in [-0.05, 0) is 17.7 Å². The Balaban J connectivity index is 1.78. The van der Waals surface area contributed by atoms with Crippen LogP contribution in [-0.4, -0.2) is 36.5 Å². The molecule has 0 aliphatic heterocycles. The first-order valence-corrected chi connectivity index (χ1v) is 8.56. The number of carboxylic acids is 1. The first-order chi connectivity index (χ1) is 12.3. The van der Waals surface area contributed by atoms with Crippen molar-refractivity contribution in [3.8, 4) is 0 Å². The Morgan fingerprint density at radius 3 is 2.65 bits per heavy atom. The van der Waals surface area contributed by atoms with Gasteiger partial charge in [0.25, 0.3) is 5.91 Å². The Labute approximate surface area is 161 Å². The van der Waals surface area contributed by atoms with E-state index >= 15 is 0 Å². The zero-order valence-corrected chi connectivity index (χ0v) is 15.8. The molecule has 0 saturated carbocycles. The number of amides is 1. The topological polar surface area (TPSA) is 102 Å². The molecule has 2 N–H and O–H groups in total. The number of hydrogen-bond acceptors (Lipinski definition) is 4. The molecule has 3 rings (SSSR count). The number of aryl methyl sites for hydroxylation is 1. The third kappa shape index (κ3) is 3.78. The third-order valence-electron chi connectivity index (χ3n) is 3.59. The van der Waals surface area contributed by atoms with Gasteiger partial charge in [-0.1, -0.05) is 39.7 Å². The fraction of sp³-hybridized carbons (Fsp3) is 0.125. The van der Waals surface area contributed by atoms with E-state index in [1.54, 1.807) is 10.9 Å². The normalized spacial score (nSPS) is 10.7. The molecule has 1 aromatic carbocycles. The fourth-order valence-electron chi connectivity index (χ4n) is 2.37. The Kier molecular flexibility index (Phi) is 5.10. The number of aromatic nitrogens is 4. The smallest absolute Gasteiger partial charge is 0.354 e. The Morgan fingerprint density at radius 1 is 1.31 bits per heavy atom. The van der Waals surface area contributed by atoms with E-state index < -0.39 is 11.9 Å². The van der Waals surface area contributed by atoms with Crippen molar-refractivity contribution in [2.45, 2.75) is 6.54 Å². The average molecular weight is 439 g/mol. The van der Waals surface area contributed by atoms with Gasteiger partial charge in [0.15, 0.2) is 11.5 Å². The molecule has 0 unspecified atom stereocenters. The quantitative estimate of drug-likeness (QED) is 0.637. The number of halogens is 2. The van der Waals surface area contributed by atoms with E-state index in [0.29, 0.717) is 6.54 Å². The maximum Gasteiger partial charge on any atom is 0.354 e. The number of nitrogens with one attached hydrogen (secondary N) is 1. The van der Waals surface area contributed by atoms with Crippen molar-refractivity contribution in [1.82, 2.24) is 19.6 Å². The molecular formula is C16H13BrClN5O3. The molecule has 0 atom stereocenters. The molecular weight excluding hydrogens is 426 g/mol. The SMILES string of the molecule is Cn1ncc(C(=O)Nc2nn(Cc3ccc(Br)cc3)cc2Cl)c1C(=O)O. The third-order valence-corrected chi connectivity index (χ3v) is 4.40. The standard InChI is InChI=1S/C16H13BrClN5O3/c1-22-13(16(25)26)11(6-19-22)15(24)20-14-12(18)8-23(21-14)7-9-2-4-10(17)5-3-9/h2-6,8H,7H2,1H3,(H,25,26)(H,20,21,24). The van der Waals surface area contributed by atoms with E-state index in [4.69, 9.17) is 11.6 Å². The Bertz CT molecular complexity index is 980. The molecule has 1 amide bonds. The Hall–Kier alpha value is -2.65. The van der Waals surface area contributed by atoms with Crippen LogP contribution in [0.15, 0.2) is 41.1 Å². The monoisotopic (exact) mass is 437 g/mol. The summed E-state index contributed by atoms with van der Waals surface area (Å²) in [6, 6.07) is 7.71. The number of carboxylic acid groups (broad SMARTS) is 1. The summed E-state index contributed by atoms with van der Waals surface area (Å²) >= 11 is 9.51. The van der Waals surface area contributed by atoms with Crippen molar-refractivity contribution in [2.24, 2.45) is 7.05 Å². The van der Waals surface area contributed by atoms with Gasteiger partial charge in [0.05, 0.1) is 18.3 Å². The maximum atomic E-state index is 12.4.